The van der Waals surface area contributed by atoms with E-state index in [-0.39, 0.29) is 25.5 Å². The summed E-state index contributed by atoms with van der Waals surface area (Å²) in [5.41, 5.74) is 5.01. The van der Waals surface area contributed by atoms with Crippen LogP contribution >= 0.6 is 11.3 Å². The van der Waals surface area contributed by atoms with Crippen LogP contribution in [-0.4, -0.2) is 52.4 Å². The molecule has 1 aliphatic carbocycles. The highest BCUT2D eigenvalue weighted by atomic mass is 32.1. The van der Waals surface area contributed by atoms with Crippen LogP contribution in [-0.2, 0) is 27.3 Å². The van der Waals surface area contributed by atoms with Gasteiger partial charge in [-0.25, -0.2) is 14.6 Å². The van der Waals surface area contributed by atoms with Gasteiger partial charge in [-0.1, -0.05) is 48.5 Å². The summed E-state index contributed by atoms with van der Waals surface area (Å²) in [6.07, 6.45) is -0.700. The zero-order valence-electron chi connectivity index (χ0n) is 18.1. The Bertz CT molecular complexity index is 1170. The fraction of sp³-hybridized carbons (Fsp3) is 0.250. The number of alkyl carbamates (subject to hydrolysis) is 1. The van der Waals surface area contributed by atoms with Crippen molar-refractivity contribution in [3.05, 3.63) is 75.7 Å². The molecule has 4 rings (SSSR count). The molecule has 1 atom stereocenters. The molecule has 9 nitrogen and oxygen atoms in total. The van der Waals surface area contributed by atoms with E-state index in [0.717, 1.165) is 22.3 Å². The van der Waals surface area contributed by atoms with Crippen LogP contribution in [0.2, 0.25) is 0 Å². The molecule has 0 saturated heterocycles. The number of aromatic nitrogens is 1. The molecule has 0 unspecified atom stereocenters. The van der Waals surface area contributed by atoms with E-state index in [9.17, 15) is 14.4 Å². The van der Waals surface area contributed by atoms with Crippen molar-refractivity contribution in [3.63, 3.8) is 0 Å². The third-order valence-corrected chi connectivity index (χ3v) is 6.38. The predicted octanol–water partition coefficient (Wildman–Crippen LogP) is 2.29. The molecular weight excluding hydrogens is 458 g/mol. The quantitative estimate of drug-likeness (QED) is 0.368. The summed E-state index contributed by atoms with van der Waals surface area (Å²) >= 11 is 1.26. The van der Waals surface area contributed by atoms with Crippen molar-refractivity contribution >= 4 is 29.3 Å². The van der Waals surface area contributed by atoms with Gasteiger partial charge in [-0.15, -0.1) is 11.3 Å². The number of fused-ring (bicyclic) bond motifs is 3. The Morgan fingerprint density at radius 1 is 1.06 bits per heavy atom. The normalized spacial score (nSPS) is 13.0. The van der Waals surface area contributed by atoms with Gasteiger partial charge in [-0.2, -0.15) is 0 Å². The molecule has 2 aromatic carbocycles. The Morgan fingerprint density at radius 3 is 2.32 bits per heavy atom. The van der Waals surface area contributed by atoms with Crippen molar-refractivity contribution in [1.29, 1.82) is 0 Å². The zero-order chi connectivity index (χ0) is 24.1. The average Bonchev–Trinajstić information content (AvgIpc) is 3.41. The minimum atomic E-state index is -1.36. The van der Waals surface area contributed by atoms with E-state index in [4.69, 9.17) is 14.9 Å². The van der Waals surface area contributed by atoms with Crippen LogP contribution in [0.15, 0.2) is 53.9 Å². The van der Waals surface area contributed by atoms with Gasteiger partial charge in [0, 0.05) is 11.3 Å². The molecule has 2 amide bonds. The lowest BCUT2D eigenvalue weighted by Gasteiger charge is -2.14. The average molecular weight is 482 g/mol. The Kier molecular flexibility index (Phi) is 7.19. The standard InChI is InChI=1S/C24H23N3O6S/c28-11-20(23(30)31)27-21(29)9-14-13-34-22(26-14)10-25-24(32)33-12-19-17-7-3-1-5-15(17)16-6-2-4-8-18(16)19/h1-8,13,19-20,28H,9-12H2,(H,25,32)(H,27,29)(H,30,31)/t20-/m0/s1. The van der Waals surface area contributed by atoms with E-state index < -0.39 is 30.6 Å². The molecule has 0 fully saturated rings. The molecule has 1 aromatic heterocycles. The van der Waals surface area contributed by atoms with E-state index in [1.807, 2.05) is 36.4 Å². The molecule has 0 radical (unpaired) electrons. The third-order valence-electron chi connectivity index (χ3n) is 5.48. The molecule has 4 N–H and O–H groups in total. The second kappa shape index (κ2) is 10.4. The summed E-state index contributed by atoms with van der Waals surface area (Å²) < 4.78 is 5.49. The number of amides is 2. The Morgan fingerprint density at radius 2 is 1.71 bits per heavy atom. The Hall–Kier alpha value is -3.76. The number of nitrogens with zero attached hydrogens (tertiary/aromatic N) is 1. The second-order valence-electron chi connectivity index (χ2n) is 7.73. The number of hydrogen-bond donors (Lipinski definition) is 4. The molecular formula is C24H23N3O6S. The molecule has 10 heteroatoms. The number of aliphatic hydroxyl groups excluding tert-OH is 1. The van der Waals surface area contributed by atoms with Crippen LogP contribution in [0, 0.1) is 0 Å². The fourth-order valence-corrected chi connectivity index (χ4v) is 4.64. The SMILES string of the molecule is O=C(Cc1csc(CNC(=O)OCC2c3ccccc3-c3ccccc32)n1)N[C@@H](CO)C(=O)O. The summed E-state index contributed by atoms with van der Waals surface area (Å²) in [6.45, 7) is -0.358. The Labute approximate surface area is 199 Å². The van der Waals surface area contributed by atoms with Crippen LogP contribution in [0.4, 0.5) is 4.79 Å². The number of hydrogen-bond acceptors (Lipinski definition) is 7. The minimum Gasteiger partial charge on any atom is -0.480 e. The first-order valence-corrected chi connectivity index (χ1v) is 11.5. The number of rotatable bonds is 9. The van der Waals surface area contributed by atoms with Gasteiger partial charge >= 0.3 is 12.1 Å². The fourth-order valence-electron chi connectivity index (χ4n) is 3.90. The molecule has 0 spiro atoms. The summed E-state index contributed by atoms with van der Waals surface area (Å²) in [4.78, 5) is 39.4. The van der Waals surface area contributed by atoms with Gasteiger partial charge in [-0.05, 0) is 22.3 Å². The number of carboxylic acids is 1. The van der Waals surface area contributed by atoms with Gasteiger partial charge in [0.25, 0.3) is 0 Å². The molecule has 176 valence electrons. The number of carbonyl (C=O) groups is 3. The number of aliphatic hydroxyl groups is 1. The smallest absolute Gasteiger partial charge is 0.407 e. The highest BCUT2D eigenvalue weighted by Gasteiger charge is 2.29. The topological polar surface area (TPSA) is 138 Å². The lowest BCUT2D eigenvalue weighted by Crippen LogP contribution is -2.44. The van der Waals surface area contributed by atoms with Crippen LogP contribution in [0.5, 0.6) is 0 Å². The summed E-state index contributed by atoms with van der Waals surface area (Å²) in [7, 11) is 0. The molecule has 3 aromatic rings. The predicted molar refractivity (Wildman–Crippen MR) is 124 cm³/mol. The minimum absolute atomic E-state index is 0.0309. The number of thiazole rings is 1. The van der Waals surface area contributed by atoms with Crippen molar-refractivity contribution in [2.75, 3.05) is 13.2 Å². The van der Waals surface area contributed by atoms with E-state index >= 15 is 0 Å². The van der Waals surface area contributed by atoms with Gasteiger partial charge in [0.05, 0.1) is 25.3 Å². The van der Waals surface area contributed by atoms with Gasteiger partial charge in [-0.3, -0.25) is 4.79 Å². The lowest BCUT2D eigenvalue weighted by molar-refractivity contribution is -0.142. The summed E-state index contributed by atoms with van der Waals surface area (Å²) in [5.74, 6) is -1.92. The second-order valence-corrected chi connectivity index (χ2v) is 8.67. The van der Waals surface area contributed by atoms with Gasteiger partial charge in [0.15, 0.2) is 0 Å². The van der Waals surface area contributed by atoms with Crippen molar-refractivity contribution in [2.24, 2.45) is 0 Å². The highest BCUT2D eigenvalue weighted by molar-refractivity contribution is 7.09. The molecule has 0 bridgehead atoms. The van der Waals surface area contributed by atoms with E-state index in [1.165, 1.54) is 11.3 Å². The molecule has 1 heterocycles. The highest BCUT2D eigenvalue weighted by Crippen LogP contribution is 2.44. The molecule has 0 saturated carbocycles. The first-order chi connectivity index (χ1) is 16.5. The van der Waals surface area contributed by atoms with Crippen molar-refractivity contribution in [1.82, 2.24) is 15.6 Å². The zero-order valence-corrected chi connectivity index (χ0v) is 18.9. The number of benzene rings is 2. The number of ether oxygens (including phenoxy) is 1. The largest absolute Gasteiger partial charge is 0.480 e. The van der Waals surface area contributed by atoms with Gasteiger partial charge in [0.2, 0.25) is 5.91 Å². The van der Waals surface area contributed by atoms with Crippen molar-refractivity contribution < 1.29 is 29.3 Å². The molecule has 0 aliphatic heterocycles. The van der Waals surface area contributed by atoms with E-state index in [1.54, 1.807) is 5.38 Å². The van der Waals surface area contributed by atoms with E-state index in [2.05, 4.69) is 27.8 Å². The van der Waals surface area contributed by atoms with Gasteiger partial charge in [0.1, 0.15) is 17.7 Å². The van der Waals surface area contributed by atoms with Gasteiger partial charge < -0.3 is 25.6 Å². The van der Waals surface area contributed by atoms with Crippen molar-refractivity contribution in [3.8, 4) is 11.1 Å². The lowest BCUT2D eigenvalue weighted by atomic mass is 9.98. The van der Waals surface area contributed by atoms with Crippen molar-refractivity contribution in [2.45, 2.75) is 24.9 Å². The maximum atomic E-state index is 12.3. The number of nitrogens with one attached hydrogen (secondary N) is 2. The monoisotopic (exact) mass is 481 g/mol. The van der Waals surface area contributed by atoms with Crippen LogP contribution in [0.3, 0.4) is 0 Å². The summed E-state index contributed by atoms with van der Waals surface area (Å²) in [6, 6.07) is 14.8. The number of aliphatic carboxylic acids is 1. The maximum absolute atomic E-state index is 12.3. The third kappa shape index (κ3) is 5.24. The molecule has 1 aliphatic rings. The van der Waals surface area contributed by atoms with E-state index in [0.29, 0.717) is 10.7 Å². The number of carboxylic acid groups (broad SMARTS) is 1. The van der Waals surface area contributed by atoms with Crippen LogP contribution in [0.1, 0.15) is 27.7 Å². The first-order valence-electron chi connectivity index (χ1n) is 10.6. The number of carbonyl (C=O) groups excluding carboxylic acids is 2. The Balaban J connectivity index is 1.27. The summed E-state index contributed by atoms with van der Waals surface area (Å²) in [5, 5.41) is 25.0. The van der Waals surface area contributed by atoms with Crippen LogP contribution < -0.4 is 10.6 Å². The first kappa shape index (κ1) is 23.4. The molecule has 34 heavy (non-hydrogen) atoms. The van der Waals surface area contributed by atoms with Crippen LogP contribution in [0.25, 0.3) is 11.1 Å². The maximum Gasteiger partial charge on any atom is 0.407 e.